The van der Waals surface area contributed by atoms with E-state index < -0.39 is 11.9 Å². The quantitative estimate of drug-likeness (QED) is 0.312. The summed E-state index contributed by atoms with van der Waals surface area (Å²) >= 11 is 8.81. The van der Waals surface area contributed by atoms with Crippen molar-refractivity contribution in [1.29, 1.82) is 0 Å². The number of nitrogens with one attached hydrogen (secondary N) is 1. The lowest BCUT2D eigenvalue weighted by Gasteiger charge is -2.18. The zero-order chi connectivity index (χ0) is 25.4. The van der Waals surface area contributed by atoms with Gasteiger partial charge in [-0.1, -0.05) is 30.7 Å². The van der Waals surface area contributed by atoms with Crippen molar-refractivity contribution >= 4 is 61.4 Å². The number of carbonyl (C=O) groups is 2. The van der Waals surface area contributed by atoms with Gasteiger partial charge in [0.05, 0.1) is 23.9 Å². The zero-order valence-corrected chi connectivity index (χ0v) is 22.2. The Morgan fingerprint density at radius 3 is 2.81 bits per heavy atom. The van der Waals surface area contributed by atoms with Crippen molar-refractivity contribution in [1.82, 2.24) is 9.55 Å². The number of halogens is 1. The number of thiophene rings is 2. The number of hydrogen-bond donors (Lipinski definition) is 1. The van der Waals surface area contributed by atoms with E-state index in [0.29, 0.717) is 31.7 Å². The minimum atomic E-state index is -0.425. The molecule has 186 valence electrons. The highest BCUT2D eigenvalue weighted by Crippen LogP contribution is 2.40. The van der Waals surface area contributed by atoms with Gasteiger partial charge in [0.2, 0.25) is 5.91 Å². The first-order chi connectivity index (χ1) is 17.4. The van der Waals surface area contributed by atoms with Crippen LogP contribution in [0.5, 0.6) is 0 Å². The van der Waals surface area contributed by atoms with Gasteiger partial charge in [-0.15, -0.1) is 22.7 Å². The first-order valence-electron chi connectivity index (χ1n) is 11.7. The molecular formula is C26H24ClN3O4S2. The summed E-state index contributed by atoms with van der Waals surface area (Å²) in [7, 11) is 0. The number of ether oxygens (including phenoxy) is 1. The second kappa shape index (κ2) is 10.2. The van der Waals surface area contributed by atoms with Crippen LogP contribution >= 0.6 is 34.3 Å². The third-order valence-corrected chi connectivity index (χ3v) is 8.58. The number of rotatable bonds is 6. The van der Waals surface area contributed by atoms with E-state index in [1.54, 1.807) is 19.1 Å². The highest BCUT2D eigenvalue weighted by atomic mass is 35.5. The third kappa shape index (κ3) is 4.70. The van der Waals surface area contributed by atoms with Crippen LogP contribution in [-0.2, 0) is 28.9 Å². The molecule has 1 N–H and O–H groups in total. The molecule has 3 heterocycles. The number of fused-ring (bicyclic) bond motifs is 2. The van der Waals surface area contributed by atoms with Crippen molar-refractivity contribution in [2.24, 2.45) is 5.92 Å². The lowest BCUT2D eigenvalue weighted by molar-refractivity contribution is -0.116. The number of anilines is 1. The van der Waals surface area contributed by atoms with E-state index in [1.807, 2.05) is 17.5 Å². The maximum atomic E-state index is 13.3. The van der Waals surface area contributed by atoms with Crippen LogP contribution in [-0.4, -0.2) is 28.0 Å². The Bertz CT molecular complexity index is 1520. The predicted molar refractivity (Wildman–Crippen MR) is 144 cm³/mol. The smallest absolute Gasteiger partial charge is 0.341 e. The molecule has 1 aliphatic rings. The molecule has 0 radical (unpaired) electrons. The van der Waals surface area contributed by atoms with Gasteiger partial charge in [0.1, 0.15) is 16.4 Å². The Morgan fingerprint density at radius 1 is 1.28 bits per heavy atom. The molecule has 1 unspecified atom stereocenters. The molecule has 0 fully saturated rings. The maximum absolute atomic E-state index is 13.3. The molecule has 36 heavy (non-hydrogen) atoms. The van der Waals surface area contributed by atoms with Crippen LogP contribution in [0.25, 0.3) is 21.3 Å². The summed E-state index contributed by atoms with van der Waals surface area (Å²) in [6.07, 6.45) is 4.03. The van der Waals surface area contributed by atoms with Crippen molar-refractivity contribution in [2.75, 3.05) is 11.9 Å². The Balaban J connectivity index is 1.44. The zero-order valence-electron chi connectivity index (χ0n) is 19.8. The second-order valence-corrected chi connectivity index (χ2v) is 11.2. The minimum Gasteiger partial charge on any atom is -0.462 e. The number of aromatic nitrogens is 2. The summed E-state index contributed by atoms with van der Waals surface area (Å²) in [6, 6.07) is 7.24. The Kier molecular flexibility index (Phi) is 6.96. The van der Waals surface area contributed by atoms with Crippen molar-refractivity contribution in [3.05, 3.63) is 67.4 Å². The van der Waals surface area contributed by atoms with Gasteiger partial charge < -0.3 is 10.1 Å². The van der Waals surface area contributed by atoms with E-state index in [4.69, 9.17) is 16.3 Å². The fourth-order valence-electron chi connectivity index (χ4n) is 4.50. The summed E-state index contributed by atoms with van der Waals surface area (Å²) < 4.78 is 6.58. The fraction of sp³-hybridized carbons (Fsp3) is 0.308. The number of nitrogens with zero attached hydrogens (tertiary/aromatic N) is 2. The van der Waals surface area contributed by atoms with Gasteiger partial charge in [0, 0.05) is 20.8 Å². The molecule has 4 aromatic rings. The molecule has 0 saturated carbocycles. The largest absolute Gasteiger partial charge is 0.462 e. The molecule has 0 bridgehead atoms. The van der Waals surface area contributed by atoms with Crippen LogP contribution in [0.4, 0.5) is 5.00 Å². The van der Waals surface area contributed by atoms with E-state index in [-0.39, 0.29) is 18.7 Å². The molecule has 10 heteroatoms. The Hall–Kier alpha value is -3.01. The summed E-state index contributed by atoms with van der Waals surface area (Å²) in [5.74, 6) is -0.309. The van der Waals surface area contributed by atoms with E-state index in [1.165, 1.54) is 33.6 Å². The van der Waals surface area contributed by atoms with E-state index in [9.17, 15) is 14.4 Å². The van der Waals surface area contributed by atoms with Crippen LogP contribution in [0, 0.1) is 5.92 Å². The number of hydrogen-bond acceptors (Lipinski definition) is 7. The molecule has 7 nitrogen and oxygen atoms in total. The van der Waals surface area contributed by atoms with Gasteiger partial charge in [-0.25, -0.2) is 9.78 Å². The van der Waals surface area contributed by atoms with Crippen molar-refractivity contribution in [3.63, 3.8) is 0 Å². The van der Waals surface area contributed by atoms with Gasteiger partial charge >= 0.3 is 5.97 Å². The molecule has 1 aliphatic carbocycles. The topological polar surface area (TPSA) is 90.3 Å². The number of esters is 1. The van der Waals surface area contributed by atoms with Gasteiger partial charge in [0.25, 0.3) is 5.56 Å². The normalized spacial score (nSPS) is 15.0. The molecule has 1 atom stereocenters. The summed E-state index contributed by atoms with van der Waals surface area (Å²) in [5, 5.41) is 6.31. The van der Waals surface area contributed by atoms with Crippen LogP contribution in [0.15, 0.2) is 40.8 Å². The molecule has 0 spiro atoms. The van der Waals surface area contributed by atoms with Crippen LogP contribution < -0.4 is 10.9 Å². The lowest BCUT2D eigenvalue weighted by atomic mass is 9.88. The first-order valence-corrected chi connectivity index (χ1v) is 13.8. The van der Waals surface area contributed by atoms with E-state index in [0.717, 1.165) is 40.8 Å². The van der Waals surface area contributed by atoms with Crippen LogP contribution in [0.3, 0.4) is 0 Å². The minimum absolute atomic E-state index is 0.223. The molecule has 1 amide bonds. The van der Waals surface area contributed by atoms with Gasteiger partial charge in [0.15, 0.2) is 0 Å². The SMILES string of the molecule is CCOC(=O)c1c(NC(=O)Cn2cnc3scc(-c4ccc(Cl)cc4)c3c2=O)sc2c1CCC(C)C2. The monoisotopic (exact) mass is 541 g/mol. The lowest BCUT2D eigenvalue weighted by Crippen LogP contribution is -2.28. The van der Waals surface area contributed by atoms with Crippen LogP contribution in [0.1, 0.15) is 41.1 Å². The van der Waals surface area contributed by atoms with Crippen molar-refractivity contribution in [3.8, 4) is 11.1 Å². The number of benzene rings is 1. The second-order valence-electron chi connectivity index (χ2n) is 8.84. The fourth-order valence-corrected chi connectivity index (χ4v) is 6.95. The average molecular weight is 542 g/mol. The molecule has 0 aliphatic heterocycles. The molecule has 1 aromatic carbocycles. The molecule has 0 saturated heterocycles. The standard InChI is InChI=1S/C26H24ClN3O4S2/c1-3-34-26(33)22-17-9-4-14(2)10-19(17)36-24(22)29-20(31)11-30-13-28-23-21(25(30)32)18(12-35-23)15-5-7-16(27)8-6-15/h5-8,12-14H,3-4,9-11H2,1-2H3,(H,29,31). The van der Waals surface area contributed by atoms with E-state index in [2.05, 4.69) is 17.2 Å². The van der Waals surface area contributed by atoms with Crippen molar-refractivity contribution < 1.29 is 14.3 Å². The predicted octanol–water partition coefficient (Wildman–Crippen LogP) is 5.78. The highest BCUT2D eigenvalue weighted by molar-refractivity contribution is 7.17. The van der Waals surface area contributed by atoms with Gasteiger partial charge in [-0.2, -0.15) is 0 Å². The Morgan fingerprint density at radius 2 is 2.06 bits per heavy atom. The number of amides is 1. The Labute approximate surface area is 220 Å². The third-order valence-electron chi connectivity index (χ3n) is 6.27. The molecule has 3 aromatic heterocycles. The summed E-state index contributed by atoms with van der Waals surface area (Å²) in [4.78, 5) is 45.3. The number of carbonyl (C=O) groups excluding carboxylic acids is 2. The average Bonchev–Trinajstić information content (AvgIpc) is 3.43. The summed E-state index contributed by atoms with van der Waals surface area (Å²) in [5.41, 5.74) is 2.72. The van der Waals surface area contributed by atoms with Crippen LogP contribution in [0.2, 0.25) is 5.02 Å². The molecular weight excluding hydrogens is 518 g/mol. The van der Waals surface area contributed by atoms with E-state index >= 15 is 0 Å². The first kappa shape index (κ1) is 24.7. The van der Waals surface area contributed by atoms with Gasteiger partial charge in [-0.05, 0) is 55.4 Å². The van der Waals surface area contributed by atoms with Gasteiger partial charge in [-0.3, -0.25) is 14.2 Å². The highest BCUT2D eigenvalue weighted by Gasteiger charge is 2.29. The maximum Gasteiger partial charge on any atom is 0.341 e. The molecule has 5 rings (SSSR count). The van der Waals surface area contributed by atoms with Crippen molar-refractivity contribution in [2.45, 2.75) is 39.7 Å². The summed E-state index contributed by atoms with van der Waals surface area (Å²) in [6.45, 7) is 3.97.